The molecule has 0 saturated carbocycles. The summed E-state index contributed by atoms with van der Waals surface area (Å²) in [6, 6.07) is 7.42. The number of benzene rings is 1. The van der Waals surface area contributed by atoms with Gasteiger partial charge in [0.25, 0.3) is 0 Å². The third kappa shape index (κ3) is 2.70. The first-order valence-electron chi connectivity index (χ1n) is 4.64. The van der Waals surface area contributed by atoms with Crippen LogP contribution in [0, 0.1) is 6.92 Å². The van der Waals surface area contributed by atoms with Gasteiger partial charge in [-0.2, -0.15) is 0 Å². The average molecular weight is 220 g/mol. The Hall–Kier alpha value is -1.55. The quantitative estimate of drug-likeness (QED) is 0.809. The maximum Gasteiger partial charge on any atom is 0.124 e. The third-order valence-corrected chi connectivity index (χ3v) is 2.79. The molecule has 0 aliphatic carbocycles. The van der Waals surface area contributed by atoms with Crippen molar-refractivity contribution in [3.05, 3.63) is 40.3 Å². The van der Waals surface area contributed by atoms with Crippen LogP contribution in [-0.4, -0.2) is 4.98 Å². The molecule has 1 aromatic carbocycles. The van der Waals surface area contributed by atoms with Gasteiger partial charge in [-0.15, -0.1) is 11.3 Å². The Morgan fingerprint density at radius 3 is 3.00 bits per heavy atom. The minimum atomic E-state index is 0.551. The number of ether oxygens (including phenoxy) is 1. The Kier molecular flexibility index (Phi) is 2.87. The fourth-order valence-corrected chi connectivity index (χ4v) is 1.94. The molecule has 0 aliphatic heterocycles. The Morgan fingerprint density at radius 1 is 1.47 bits per heavy atom. The fourth-order valence-electron chi connectivity index (χ4n) is 1.23. The fraction of sp³-hybridized carbons (Fsp3) is 0.182. The Labute approximate surface area is 92.5 Å². The Balaban J connectivity index is 1.99. The van der Waals surface area contributed by atoms with Crippen LogP contribution >= 0.6 is 11.3 Å². The van der Waals surface area contributed by atoms with E-state index in [1.165, 1.54) is 0 Å². The van der Waals surface area contributed by atoms with Crippen molar-refractivity contribution in [3.8, 4) is 5.75 Å². The van der Waals surface area contributed by atoms with Gasteiger partial charge in [-0.1, -0.05) is 6.07 Å². The number of hydrogen-bond donors (Lipinski definition) is 1. The van der Waals surface area contributed by atoms with Crippen molar-refractivity contribution in [1.82, 2.24) is 4.98 Å². The van der Waals surface area contributed by atoms with Gasteiger partial charge in [0.15, 0.2) is 0 Å². The van der Waals surface area contributed by atoms with Gasteiger partial charge in [0.1, 0.15) is 12.4 Å². The van der Waals surface area contributed by atoms with Crippen LogP contribution in [0.25, 0.3) is 0 Å². The van der Waals surface area contributed by atoms with E-state index in [-0.39, 0.29) is 0 Å². The van der Waals surface area contributed by atoms with Crippen LogP contribution in [0.3, 0.4) is 0 Å². The van der Waals surface area contributed by atoms with E-state index in [0.717, 1.165) is 15.6 Å². The summed E-state index contributed by atoms with van der Waals surface area (Å²) in [5, 5.41) is 1.06. The van der Waals surface area contributed by atoms with E-state index in [2.05, 4.69) is 4.98 Å². The van der Waals surface area contributed by atoms with E-state index < -0.39 is 0 Å². The number of nitrogen functional groups attached to an aromatic ring is 1. The van der Waals surface area contributed by atoms with Crippen LogP contribution in [0.15, 0.2) is 30.5 Å². The van der Waals surface area contributed by atoms with Crippen LogP contribution in [0.4, 0.5) is 5.69 Å². The molecular weight excluding hydrogens is 208 g/mol. The van der Waals surface area contributed by atoms with Gasteiger partial charge in [0.2, 0.25) is 0 Å². The second-order valence-electron chi connectivity index (χ2n) is 3.21. The van der Waals surface area contributed by atoms with Crippen molar-refractivity contribution in [2.75, 3.05) is 5.73 Å². The summed E-state index contributed by atoms with van der Waals surface area (Å²) in [6.07, 6.45) is 1.84. The molecule has 1 heterocycles. The highest BCUT2D eigenvalue weighted by Crippen LogP contribution is 2.18. The van der Waals surface area contributed by atoms with Crippen LogP contribution in [-0.2, 0) is 6.61 Å². The van der Waals surface area contributed by atoms with Crippen molar-refractivity contribution in [2.45, 2.75) is 13.5 Å². The number of aromatic nitrogens is 1. The zero-order valence-corrected chi connectivity index (χ0v) is 9.25. The summed E-state index contributed by atoms with van der Waals surface area (Å²) < 4.78 is 5.58. The lowest BCUT2D eigenvalue weighted by Gasteiger charge is -2.04. The molecule has 2 aromatic rings. The summed E-state index contributed by atoms with van der Waals surface area (Å²) in [4.78, 5) is 5.28. The van der Waals surface area contributed by atoms with Gasteiger partial charge in [0.05, 0.1) is 9.88 Å². The van der Waals surface area contributed by atoms with Crippen molar-refractivity contribution < 1.29 is 4.74 Å². The maximum atomic E-state index is 5.64. The number of nitrogens with zero attached hydrogens (tertiary/aromatic N) is 1. The summed E-state index contributed by atoms with van der Waals surface area (Å²) in [7, 11) is 0. The molecule has 0 spiro atoms. The predicted molar refractivity (Wildman–Crippen MR) is 62.0 cm³/mol. The molecule has 2 N–H and O–H groups in total. The number of nitrogens with two attached hydrogens (primary N) is 1. The van der Waals surface area contributed by atoms with Gasteiger partial charge in [-0.05, 0) is 19.1 Å². The van der Waals surface area contributed by atoms with Crippen molar-refractivity contribution in [3.63, 3.8) is 0 Å². The normalized spacial score (nSPS) is 10.2. The van der Waals surface area contributed by atoms with Gasteiger partial charge >= 0.3 is 0 Å². The van der Waals surface area contributed by atoms with E-state index in [9.17, 15) is 0 Å². The van der Waals surface area contributed by atoms with Gasteiger partial charge < -0.3 is 10.5 Å². The molecule has 0 saturated heterocycles. The van der Waals surface area contributed by atoms with Crippen molar-refractivity contribution in [2.24, 2.45) is 0 Å². The molecule has 78 valence electrons. The molecule has 0 bridgehead atoms. The minimum absolute atomic E-state index is 0.551. The van der Waals surface area contributed by atoms with Gasteiger partial charge in [0, 0.05) is 18.0 Å². The van der Waals surface area contributed by atoms with E-state index in [1.54, 1.807) is 11.3 Å². The van der Waals surface area contributed by atoms with Gasteiger partial charge in [-0.25, -0.2) is 4.98 Å². The van der Waals surface area contributed by atoms with Crippen molar-refractivity contribution >= 4 is 17.0 Å². The Morgan fingerprint density at radius 2 is 2.33 bits per heavy atom. The minimum Gasteiger partial charge on any atom is -0.488 e. The highest BCUT2D eigenvalue weighted by molar-refractivity contribution is 7.11. The molecule has 4 heteroatoms. The highest BCUT2D eigenvalue weighted by atomic mass is 32.1. The highest BCUT2D eigenvalue weighted by Gasteiger charge is 1.99. The number of thiazole rings is 1. The van der Waals surface area contributed by atoms with E-state index in [0.29, 0.717) is 12.3 Å². The van der Waals surface area contributed by atoms with E-state index in [1.807, 2.05) is 37.4 Å². The molecule has 2 rings (SSSR count). The van der Waals surface area contributed by atoms with Crippen molar-refractivity contribution in [1.29, 1.82) is 0 Å². The standard InChI is InChI=1S/C11H12N2OS/c1-8-13-6-11(15-8)7-14-10-4-2-3-9(12)5-10/h2-6H,7,12H2,1H3. The van der Waals surface area contributed by atoms with Crippen LogP contribution < -0.4 is 10.5 Å². The molecule has 0 radical (unpaired) electrons. The smallest absolute Gasteiger partial charge is 0.124 e. The predicted octanol–water partition coefficient (Wildman–Crippen LogP) is 2.61. The molecule has 0 aliphatic rings. The monoisotopic (exact) mass is 220 g/mol. The van der Waals surface area contributed by atoms with Crippen LogP contribution in [0.1, 0.15) is 9.88 Å². The topological polar surface area (TPSA) is 48.1 Å². The lowest BCUT2D eigenvalue weighted by Crippen LogP contribution is -1.93. The number of aryl methyl sites for hydroxylation is 1. The molecule has 3 nitrogen and oxygen atoms in total. The lowest BCUT2D eigenvalue weighted by molar-refractivity contribution is 0.310. The molecule has 0 fully saturated rings. The molecule has 0 atom stereocenters. The molecule has 0 unspecified atom stereocenters. The maximum absolute atomic E-state index is 5.64. The number of hydrogen-bond acceptors (Lipinski definition) is 4. The largest absolute Gasteiger partial charge is 0.488 e. The van der Waals surface area contributed by atoms with E-state index >= 15 is 0 Å². The zero-order chi connectivity index (χ0) is 10.7. The summed E-state index contributed by atoms with van der Waals surface area (Å²) in [5.74, 6) is 0.793. The lowest BCUT2D eigenvalue weighted by atomic mass is 10.3. The molecule has 15 heavy (non-hydrogen) atoms. The molecule has 0 amide bonds. The first kappa shape index (κ1) is 9.98. The summed E-state index contributed by atoms with van der Waals surface area (Å²) in [5.41, 5.74) is 6.36. The second-order valence-corrected chi connectivity index (χ2v) is 4.53. The summed E-state index contributed by atoms with van der Waals surface area (Å²) in [6.45, 7) is 2.53. The number of anilines is 1. The van der Waals surface area contributed by atoms with Crippen LogP contribution in [0.2, 0.25) is 0 Å². The first-order chi connectivity index (χ1) is 7.24. The zero-order valence-electron chi connectivity index (χ0n) is 8.43. The van der Waals surface area contributed by atoms with Crippen LogP contribution in [0.5, 0.6) is 5.75 Å². The van der Waals surface area contributed by atoms with Gasteiger partial charge in [-0.3, -0.25) is 0 Å². The second kappa shape index (κ2) is 4.31. The summed E-state index contributed by atoms with van der Waals surface area (Å²) >= 11 is 1.64. The molecule has 1 aromatic heterocycles. The molecular formula is C11H12N2OS. The SMILES string of the molecule is Cc1ncc(COc2cccc(N)c2)s1. The first-order valence-corrected chi connectivity index (χ1v) is 5.45. The average Bonchev–Trinajstić information content (AvgIpc) is 2.62. The third-order valence-electron chi connectivity index (χ3n) is 1.91. The number of rotatable bonds is 3. The van der Waals surface area contributed by atoms with E-state index in [4.69, 9.17) is 10.5 Å². The Bertz CT molecular complexity index is 453.